The smallest absolute Gasteiger partial charge is 0.314 e. The number of anilines is 1. The number of carbonyl (C=O) groups excluding carboxylic acids is 1. The average Bonchev–Trinajstić information content (AvgIpc) is 3.11. The SMILES string of the molecule is NC(=O)N1CCN(c2cccc(-c3cnc4cnc(C(F)F)cn34)n2)CC1. The maximum Gasteiger partial charge on any atom is 0.314 e. The number of urea groups is 1. The van der Waals surface area contributed by atoms with Crippen molar-refractivity contribution in [2.75, 3.05) is 31.1 Å². The zero-order chi connectivity index (χ0) is 19.0. The molecular weight excluding hydrogens is 356 g/mol. The van der Waals surface area contributed by atoms with E-state index in [1.807, 2.05) is 12.1 Å². The van der Waals surface area contributed by atoms with Crippen molar-refractivity contribution in [3.05, 3.63) is 42.5 Å². The number of alkyl halides is 2. The summed E-state index contributed by atoms with van der Waals surface area (Å²) in [5.74, 6) is 0.745. The van der Waals surface area contributed by atoms with Crippen LogP contribution in [-0.2, 0) is 0 Å². The fourth-order valence-electron chi connectivity index (χ4n) is 3.10. The number of nitrogens with zero attached hydrogens (tertiary/aromatic N) is 6. The molecule has 0 bridgehead atoms. The molecule has 0 saturated carbocycles. The van der Waals surface area contributed by atoms with Gasteiger partial charge in [-0.25, -0.2) is 28.5 Å². The van der Waals surface area contributed by atoms with E-state index in [0.717, 1.165) is 5.82 Å². The maximum atomic E-state index is 13.0. The van der Waals surface area contributed by atoms with Gasteiger partial charge in [-0.2, -0.15) is 0 Å². The Labute approximate surface area is 153 Å². The lowest BCUT2D eigenvalue weighted by molar-refractivity contribution is 0.145. The van der Waals surface area contributed by atoms with Crippen molar-refractivity contribution in [1.29, 1.82) is 0 Å². The summed E-state index contributed by atoms with van der Waals surface area (Å²) in [6.45, 7) is 2.29. The normalized spacial score (nSPS) is 14.9. The largest absolute Gasteiger partial charge is 0.353 e. The number of primary amides is 1. The second kappa shape index (κ2) is 6.78. The van der Waals surface area contributed by atoms with Gasteiger partial charge < -0.3 is 15.5 Å². The van der Waals surface area contributed by atoms with Gasteiger partial charge in [0, 0.05) is 32.4 Å². The summed E-state index contributed by atoms with van der Waals surface area (Å²) < 4.78 is 27.5. The molecule has 0 atom stereocenters. The number of hydrogen-bond acceptors (Lipinski definition) is 5. The number of halogens is 2. The molecule has 0 spiro atoms. The zero-order valence-corrected chi connectivity index (χ0v) is 14.3. The molecule has 4 heterocycles. The van der Waals surface area contributed by atoms with E-state index in [0.29, 0.717) is 43.2 Å². The highest BCUT2D eigenvalue weighted by atomic mass is 19.3. The summed E-state index contributed by atoms with van der Waals surface area (Å²) in [5, 5.41) is 0. The van der Waals surface area contributed by atoms with Gasteiger partial charge in [-0.15, -0.1) is 0 Å². The predicted molar refractivity (Wildman–Crippen MR) is 94.5 cm³/mol. The first-order chi connectivity index (χ1) is 13.0. The van der Waals surface area contributed by atoms with Crippen molar-refractivity contribution in [2.24, 2.45) is 5.73 Å². The summed E-state index contributed by atoms with van der Waals surface area (Å²) >= 11 is 0. The van der Waals surface area contributed by atoms with Crippen molar-refractivity contribution < 1.29 is 13.6 Å². The Balaban J connectivity index is 1.64. The van der Waals surface area contributed by atoms with Gasteiger partial charge in [0.1, 0.15) is 11.5 Å². The number of nitrogens with two attached hydrogens (primary N) is 1. The zero-order valence-electron chi connectivity index (χ0n) is 14.3. The molecule has 1 fully saturated rings. The minimum atomic E-state index is -2.66. The minimum Gasteiger partial charge on any atom is -0.353 e. The van der Waals surface area contributed by atoms with Gasteiger partial charge in [-0.05, 0) is 12.1 Å². The number of hydrogen-bond donors (Lipinski definition) is 1. The second-order valence-corrected chi connectivity index (χ2v) is 6.18. The molecule has 140 valence electrons. The molecule has 0 unspecified atom stereocenters. The number of imidazole rings is 1. The molecule has 0 aromatic carbocycles. The average molecular weight is 373 g/mol. The Morgan fingerprint density at radius 3 is 2.59 bits per heavy atom. The number of fused-ring (bicyclic) bond motifs is 1. The van der Waals surface area contributed by atoms with Crippen LogP contribution < -0.4 is 10.6 Å². The topological polar surface area (TPSA) is 92.7 Å². The van der Waals surface area contributed by atoms with Crippen LogP contribution in [0.25, 0.3) is 17.0 Å². The van der Waals surface area contributed by atoms with Crippen LogP contribution in [0.15, 0.2) is 36.8 Å². The first kappa shape index (κ1) is 17.1. The molecule has 4 rings (SSSR count). The molecule has 3 aromatic heterocycles. The van der Waals surface area contributed by atoms with Crippen LogP contribution in [0.2, 0.25) is 0 Å². The molecule has 8 nitrogen and oxygen atoms in total. The summed E-state index contributed by atoms with van der Waals surface area (Å²) in [4.78, 5) is 27.5. The predicted octanol–water partition coefficient (Wildman–Crippen LogP) is 1.93. The van der Waals surface area contributed by atoms with Gasteiger partial charge >= 0.3 is 6.03 Å². The second-order valence-electron chi connectivity index (χ2n) is 6.18. The third kappa shape index (κ3) is 3.25. The number of rotatable bonds is 3. The molecular formula is C17H17F2N7O. The van der Waals surface area contributed by atoms with Gasteiger partial charge in [-0.3, -0.25) is 4.40 Å². The van der Waals surface area contributed by atoms with E-state index in [9.17, 15) is 13.6 Å². The molecule has 10 heteroatoms. The van der Waals surface area contributed by atoms with Gasteiger partial charge in [-0.1, -0.05) is 6.07 Å². The van der Waals surface area contributed by atoms with Crippen LogP contribution in [0.3, 0.4) is 0 Å². The summed E-state index contributed by atoms with van der Waals surface area (Å²) in [5.41, 5.74) is 6.68. The highest BCUT2D eigenvalue weighted by Crippen LogP contribution is 2.24. The number of amides is 2. The fraction of sp³-hybridized carbons (Fsp3) is 0.294. The lowest BCUT2D eigenvalue weighted by atomic mass is 10.2. The van der Waals surface area contributed by atoms with E-state index in [1.165, 1.54) is 12.4 Å². The Morgan fingerprint density at radius 2 is 1.89 bits per heavy atom. The maximum absolute atomic E-state index is 13.0. The lowest BCUT2D eigenvalue weighted by Crippen LogP contribution is -2.50. The van der Waals surface area contributed by atoms with Crippen LogP contribution in [-0.4, -0.2) is 56.5 Å². The Bertz CT molecular complexity index is 982. The number of piperazine rings is 1. The molecule has 3 aromatic rings. The third-order valence-corrected chi connectivity index (χ3v) is 4.55. The highest BCUT2D eigenvalue weighted by molar-refractivity contribution is 5.72. The van der Waals surface area contributed by atoms with Crippen LogP contribution in [0.4, 0.5) is 19.4 Å². The monoisotopic (exact) mass is 373 g/mol. The van der Waals surface area contributed by atoms with Crippen LogP contribution >= 0.6 is 0 Å². The number of aromatic nitrogens is 4. The molecule has 2 N–H and O–H groups in total. The molecule has 1 saturated heterocycles. The minimum absolute atomic E-state index is 0.319. The van der Waals surface area contributed by atoms with E-state index >= 15 is 0 Å². The molecule has 0 radical (unpaired) electrons. The van der Waals surface area contributed by atoms with Crippen LogP contribution in [0.5, 0.6) is 0 Å². The van der Waals surface area contributed by atoms with Gasteiger partial charge in [0.15, 0.2) is 5.65 Å². The van der Waals surface area contributed by atoms with E-state index in [-0.39, 0.29) is 5.69 Å². The Hall–Kier alpha value is -3.30. The molecule has 2 amide bonds. The summed E-state index contributed by atoms with van der Waals surface area (Å²) in [6.07, 6.45) is 1.52. The van der Waals surface area contributed by atoms with Crippen molar-refractivity contribution in [2.45, 2.75) is 6.43 Å². The highest BCUT2D eigenvalue weighted by Gasteiger charge is 2.21. The standard InChI is InChI=1S/C17H17F2N7O/c18-16(19)12-10-26-13(8-22-15(26)9-21-12)11-2-1-3-14(23-11)24-4-6-25(7-5-24)17(20)27/h1-3,8-10,16H,4-7H2,(H2,20,27). The first-order valence-corrected chi connectivity index (χ1v) is 8.41. The number of pyridine rings is 1. The van der Waals surface area contributed by atoms with Crippen molar-refractivity contribution >= 4 is 17.5 Å². The van der Waals surface area contributed by atoms with E-state index in [1.54, 1.807) is 21.6 Å². The number of carbonyl (C=O) groups is 1. The van der Waals surface area contributed by atoms with Gasteiger partial charge in [0.2, 0.25) is 0 Å². The van der Waals surface area contributed by atoms with Crippen LogP contribution in [0.1, 0.15) is 12.1 Å². The quantitative estimate of drug-likeness (QED) is 0.757. The van der Waals surface area contributed by atoms with Crippen molar-refractivity contribution in [3.8, 4) is 11.4 Å². The molecule has 0 aliphatic carbocycles. The van der Waals surface area contributed by atoms with E-state index in [4.69, 9.17) is 5.73 Å². The molecule has 27 heavy (non-hydrogen) atoms. The van der Waals surface area contributed by atoms with E-state index < -0.39 is 12.5 Å². The van der Waals surface area contributed by atoms with Gasteiger partial charge in [0.05, 0.1) is 23.8 Å². The molecule has 1 aliphatic rings. The summed E-state index contributed by atoms with van der Waals surface area (Å²) in [6, 6.07) is 5.10. The lowest BCUT2D eigenvalue weighted by Gasteiger charge is -2.34. The Morgan fingerprint density at radius 1 is 1.11 bits per heavy atom. The third-order valence-electron chi connectivity index (χ3n) is 4.55. The van der Waals surface area contributed by atoms with Gasteiger partial charge in [0.25, 0.3) is 6.43 Å². The fourth-order valence-corrected chi connectivity index (χ4v) is 3.10. The molecule has 1 aliphatic heterocycles. The summed E-state index contributed by atoms with van der Waals surface area (Å²) in [7, 11) is 0. The van der Waals surface area contributed by atoms with Crippen molar-refractivity contribution in [1.82, 2.24) is 24.3 Å². The Kier molecular flexibility index (Phi) is 4.30. The van der Waals surface area contributed by atoms with Crippen LogP contribution in [0, 0.1) is 0 Å². The van der Waals surface area contributed by atoms with Crippen molar-refractivity contribution in [3.63, 3.8) is 0 Å². The van der Waals surface area contributed by atoms with E-state index in [2.05, 4.69) is 19.9 Å². The first-order valence-electron chi connectivity index (χ1n) is 8.41.